The first-order valence-electron chi connectivity index (χ1n) is 5.71. The SMILES string of the molecule is C#CCCCC1(O)CC(C)CC(C)C1. The zero-order valence-corrected chi connectivity index (χ0v) is 9.42. The molecule has 14 heavy (non-hydrogen) atoms. The van der Waals surface area contributed by atoms with Gasteiger partial charge in [0.1, 0.15) is 0 Å². The zero-order chi connectivity index (χ0) is 10.6. The van der Waals surface area contributed by atoms with Crippen LogP contribution >= 0.6 is 0 Å². The minimum absolute atomic E-state index is 0.423. The van der Waals surface area contributed by atoms with Crippen LogP contribution in [-0.4, -0.2) is 10.7 Å². The molecule has 1 N–H and O–H groups in total. The Kier molecular flexibility index (Phi) is 4.01. The molecule has 0 amide bonds. The molecule has 1 aliphatic carbocycles. The molecule has 0 spiro atoms. The van der Waals surface area contributed by atoms with Gasteiger partial charge >= 0.3 is 0 Å². The molecular weight excluding hydrogens is 172 g/mol. The maximum atomic E-state index is 10.4. The number of terminal acetylenes is 1. The van der Waals surface area contributed by atoms with E-state index in [-0.39, 0.29) is 0 Å². The molecule has 0 bridgehead atoms. The van der Waals surface area contributed by atoms with Crippen molar-refractivity contribution in [1.82, 2.24) is 0 Å². The highest BCUT2D eigenvalue weighted by molar-refractivity contribution is 4.90. The smallest absolute Gasteiger partial charge is 0.0653 e. The molecule has 0 heterocycles. The molecule has 0 radical (unpaired) electrons. The Morgan fingerprint density at radius 3 is 2.43 bits per heavy atom. The van der Waals surface area contributed by atoms with Crippen molar-refractivity contribution in [2.45, 2.75) is 58.0 Å². The molecule has 0 aromatic carbocycles. The number of hydrogen-bond donors (Lipinski definition) is 1. The third kappa shape index (κ3) is 3.35. The topological polar surface area (TPSA) is 20.2 Å². The van der Waals surface area contributed by atoms with Gasteiger partial charge in [-0.2, -0.15) is 0 Å². The summed E-state index contributed by atoms with van der Waals surface area (Å²) in [5.41, 5.74) is -0.423. The molecule has 0 aromatic rings. The second kappa shape index (κ2) is 4.84. The van der Waals surface area contributed by atoms with Crippen LogP contribution in [-0.2, 0) is 0 Å². The number of unbranched alkanes of at least 4 members (excludes halogenated alkanes) is 1. The number of hydrogen-bond acceptors (Lipinski definition) is 1. The monoisotopic (exact) mass is 194 g/mol. The maximum absolute atomic E-state index is 10.4. The lowest BCUT2D eigenvalue weighted by atomic mass is 9.72. The highest BCUT2D eigenvalue weighted by Crippen LogP contribution is 2.38. The predicted octanol–water partition coefficient (Wildman–Crippen LogP) is 2.98. The van der Waals surface area contributed by atoms with E-state index in [1.807, 2.05) is 0 Å². The van der Waals surface area contributed by atoms with E-state index in [9.17, 15) is 5.11 Å². The van der Waals surface area contributed by atoms with Crippen molar-refractivity contribution in [2.75, 3.05) is 0 Å². The lowest BCUT2D eigenvalue weighted by molar-refractivity contribution is -0.0385. The molecule has 0 aliphatic heterocycles. The summed E-state index contributed by atoms with van der Waals surface area (Å²) < 4.78 is 0. The third-order valence-corrected chi connectivity index (χ3v) is 3.22. The van der Waals surface area contributed by atoms with Gasteiger partial charge in [0.05, 0.1) is 5.60 Å². The van der Waals surface area contributed by atoms with Crippen molar-refractivity contribution in [3.63, 3.8) is 0 Å². The summed E-state index contributed by atoms with van der Waals surface area (Å²) in [5, 5.41) is 10.4. The highest BCUT2D eigenvalue weighted by atomic mass is 16.3. The molecule has 1 rings (SSSR count). The van der Waals surface area contributed by atoms with Gasteiger partial charge < -0.3 is 5.11 Å². The fraction of sp³-hybridized carbons (Fsp3) is 0.846. The number of rotatable bonds is 3. The van der Waals surface area contributed by atoms with Crippen LogP contribution in [0.2, 0.25) is 0 Å². The van der Waals surface area contributed by atoms with Gasteiger partial charge in [-0.1, -0.05) is 13.8 Å². The van der Waals surface area contributed by atoms with Crippen molar-refractivity contribution in [1.29, 1.82) is 0 Å². The minimum Gasteiger partial charge on any atom is -0.390 e. The summed E-state index contributed by atoms with van der Waals surface area (Å²) in [6.45, 7) is 4.48. The fourth-order valence-electron chi connectivity index (χ4n) is 2.96. The third-order valence-electron chi connectivity index (χ3n) is 3.22. The molecule has 1 aliphatic rings. The van der Waals surface area contributed by atoms with Gasteiger partial charge in [0.25, 0.3) is 0 Å². The van der Waals surface area contributed by atoms with Crippen LogP contribution in [0, 0.1) is 24.2 Å². The van der Waals surface area contributed by atoms with Crippen molar-refractivity contribution in [2.24, 2.45) is 11.8 Å². The largest absolute Gasteiger partial charge is 0.390 e. The van der Waals surface area contributed by atoms with Crippen LogP contribution in [0.1, 0.15) is 52.4 Å². The Morgan fingerprint density at radius 1 is 1.36 bits per heavy atom. The van der Waals surface area contributed by atoms with Crippen LogP contribution in [0.25, 0.3) is 0 Å². The first-order chi connectivity index (χ1) is 6.56. The van der Waals surface area contributed by atoms with Crippen LogP contribution in [0.3, 0.4) is 0 Å². The van der Waals surface area contributed by atoms with Crippen LogP contribution in [0.4, 0.5) is 0 Å². The Labute approximate surface area is 87.9 Å². The average Bonchev–Trinajstić information content (AvgIpc) is 2.01. The lowest BCUT2D eigenvalue weighted by Crippen LogP contribution is -2.37. The van der Waals surface area contributed by atoms with Gasteiger partial charge in [-0.25, -0.2) is 0 Å². The lowest BCUT2D eigenvalue weighted by Gasteiger charge is -2.39. The molecule has 2 unspecified atom stereocenters. The normalized spacial score (nSPS) is 37.9. The van der Waals surface area contributed by atoms with Gasteiger partial charge in [0.15, 0.2) is 0 Å². The molecule has 1 nitrogen and oxygen atoms in total. The van der Waals surface area contributed by atoms with Crippen LogP contribution < -0.4 is 0 Å². The Morgan fingerprint density at radius 2 is 1.93 bits per heavy atom. The van der Waals surface area contributed by atoms with E-state index in [1.165, 1.54) is 6.42 Å². The summed E-state index contributed by atoms with van der Waals surface area (Å²) in [6, 6.07) is 0. The van der Waals surface area contributed by atoms with Crippen molar-refractivity contribution in [3.05, 3.63) is 0 Å². The van der Waals surface area contributed by atoms with Crippen LogP contribution in [0.15, 0.2) is 0 Å². The predicted molar refractivity (Wildman–Crippen MR) is 59.8 cm³/mol. The molecule has 1 fully saturated rings. The molecule has 80 valence electrons. The second-order valence-electron chi connectivity index (χ2n) is 5.14. The minimum atomic E-state index is -0.423. The maximum Gasteiger partial charge on any atom is 0.0653 e. The van der Waals surface area contributed by atoms with E-state index < -0.39 is 5.60 Å². The highest BCUT2D eigenvalue weighted by Gasteiger charge is 2.35. The molecule has 0 saturated heterocycles. The first kappa shape index (κ1) is 11.6. The van der Waals surface area contributed by atoms with Gasteiger partial charge in [0.2, 0.25) is 0 Å². The molecule has 1 saturated carbocycles. The Bertz CT molecular complexity index is 204. The Hall–Kier alpha value is -0.480. The number of aliphatic hydroxyl groups is 1. The van der Waals surface area contributed by atoms with E-state index in [1.54, 1.807) is 0 Å². The molecular formula is C13H22O. The molecule has 0 aromatic heterocycles. The van der Waals surface area contributed by atoms with Crippen molar-refractivity contribution >= 4 is 0 Å². The van der Waals surface area contributed by atoms with E-state index in [0.717, 1.165) is 32.1 Å². The van der Waals surface area contributed by atoms with Gasteiger partial charge in [-0.15, -0.1) is 12.3 Å². The summed E-state index contributed by atoms with van der Waals surface area (Å²) in [7, 11) is 0. The summed E-state index contributed by atoms with van der Waals surface area (Å²) in [6.07, 6.45) is 11.0. The summed E-state index contributed by atoms with van der Waals surface area (Å²) in [5.74, 6) is 3.96. The van der Waals surface area contributed by atoms with E-state index >= 15 is 0 Å². The summed E-state index contributed by atoms with van der Waals surface area (Å²) in [4.78, 5) is 0. The standard InChI is InChI=1S/C13H22O/c1-4-5-6-7-13(14)9-11(2)8-12(3)10-13/h1,11-12,14H,5-10H2,2-3H3. The average molecular weight is 194 g/mol. The van der Waals surface area contributed by atoms with Gasteiger partial charge in [0, 0.05) is 6.42 Å². The van der Waals surface area contributed by atoms with Crippen LogP contribution in [0.5, 0.6) is 0 Å². The Balaban J connectivity index is 2.42. The van der Waals surface area contributed by atoms with E-state index in [4.69, 9.17) is 6.42 Å². The first-order valence-corrected chi connectivity index (χ1v) is 5.71. The molecule has 2 atom stereocenters. The molecule has 1 heteroatoms. The van der Waals surface area contributed by atoms with Gasteiger partial charge in [-0.3, -0.25) is 0 Å². The van der Waals surface area contributed by atoms with E-state index in [0.29, 0.717) is 11.8 Å². The zero-order valence-electron chi connectivity index (χ0n) is 9.42. The van der Waals surface area contributed by atoms with Crippen molar-refractivity contribution < 1.29 is 5.11 Å². The van der Waals surface area contributed by atoms with Gasteiger partial charge in [-0.05, 0) is 43.9 Å². The van der Waals surface area contributed by atoms with Crippen molar-refractivity contribution in [3.8, 4) is 12.3 Å². The summed E-state index contributed by atoms with van der Waals surface area (Å²) >= 11 is 0. The van der Waals surface area contributed by atoms with E-state index in [2.05, 4.69) is 19.8 Å². The fourth-order valence-corrected chi connectivity index (χ4v) is 2.96. The second-order valence-corrected chi connectivity index (χ2v) is 5.14. The quantitative estimate of drug-likeness (QED) is 0.541.